The molecule has 1 fully saturated rings. The molecule has 0 aliphatic carbocycles. The normalized spacial score (nSPS) is 11.5. The number of rotatable bonds is 5. The number of carbonyl (C=O) groups is 1. The molecule has 5 N–H and O–H groups in total. The van der Waals surface area contributed by atoms with E-state index >= 15 is 0 Å². The Labute approximate surface area is 213 Å². The number of nitrogens with zero attached hydrogens (tertiary/aromatic N) is 4. The summed E-state index contributed by atoms with van der Waals surface area (Å²) >= 11 is 0. The van der Waals surface area contributed by atoms with Crippen molar-refractivity contribution in [2.24, 2.45) is 0 Å². The monoisotopic (exact) mass is 458 g/mol. The zero-order chi connectivity index (χ0) is 22.4. The zero-order valence-corrected chi connectivity index (χ0v) is 18.9. The minimum Gasteiger partial charge on any atom is -1.00 e. The quantitative estimate of drug-likeness (QED) is 0.327. The molecule has 0 saturated carbocycles. The van der Waals surface area contributed by atoms with Gasteiger partial charge < -0.3 is 27.5 Å². The number of aryl methyl sites for hydroxylation is 2. The van der Waals surface area contributed by atoms with Crippen molar-refractivity contribution in [2.45, 2.75) is 53.1 Å². The summed E-state index contributed by atoms with van der Waals surface area (Å²) in [7, 11) is 0. The van der Waals surface area contributed by atoms with Crippen LogP contribution in [0.3, 0.4) is 0 Å². The molecule has 0 spiro atoms. The Morgan fingerprint density at radius 2 is 1.59 bits per heavy atom. The smallest absolute Gasteiger partial charge is 1.00 e. The Morgan fingerprint density at radius 3 is 1.97 bits per heavy atom. The Kier molecular flexibility index (Phi) is 19.1. The summed E-state index contributed by atoms with van der Waals surface area (Å²) in [5.74, 6) is 1.40. The van der Waals surface area contributed by atoms with Crippen LogP contribution in [0.2, 0.25) is 0 Å². The topological polar surface area (TPSA) is 159 Å². The fourth-order valence-electron chi connectivity index (χ4n) is 2.23. The van der Waals surface area contributed by atoms with Gasteiger partial charge in [0.05, 0.1) is 13.2 Å². The molecule has 3 heterocycles. The maximum absolute atomic E-state index is 11.3. The number of hydrogen-bond donors (Lipinski definition) is 3. The van der Waals surface area contributed by atoms with Crippen molar-refractivity contribution < 1.29 is 39.7 Å². The molecule has 1 aliphatic heterocycles. The number of nitrogen functional groups attached to an aromatic ring is 2. The molecule has 0 amide bonds. The van der Waals surface area contributed by atoms with E-state index in [1.807, 2.05) is 13.8 Å². The predicted octanol–water partition coefficient (Wildman–Crippen LogP) is -2.36. The third-order valence-corrected chi connectivity index (χ3v) is 3.94. The number of carbonyl (C=O) groups excluding carboxylic acids is 1. The molecule has 10 nitrogen and oxygen atoms in total. The van der Waals surface area contributed by atoms with Crippen molar-refractivity contribution in [3.63, 3.8) is 0 Å². The van der Waals surface area contributed by atoms with Gasteiger partial charge in [-0.05, 0) is 19.8 Å². The van der Waals surface area contributed by atoms with Gasteiger partial charge in [-0.15, -0.1) is 0 Å². The van der Waals surface area contributed by atoms with Gasteiger partial charge in [-0.2, -0.15) is 0 Å². The fraction of sp³-hybridized carbons (Fsp3) is 0.550. The maximum Gasteiger partial charge on any atom is 1.00 e. The molecule has 0 radical (unpaired) electrons. The first-order valence-corrected chi connectivity index (χ1v) is 10.0. The molecular weight excluding hydrogens is 422 g/mol. The van der Waals surface area contributed by atoms with Gasteiger partial charge >= 0.3 is 24.8 Å². The second-order valence-corrected chi connectivity index (χ2v) is 6.19. The van der Waals surface area contributed by atoms with E-state index in [4.69, 9.17) is 26.0 Å². The fourth-order valence-corrected chi connectivity index (χ4v) is 2.23. The van der Waals surface area contributed by atoms with E-state index in [9.17, 15) is 4.79 Å². The van der Waals surface area contributed by atoms with E-state index in [0.29, 0.717) is 36.1 Å². The van der Waals surface area contributed by atoms with E-state index in [1.54, 1.807) is 13.1 Å². The van der Waals surface area contributed by atoms with Crippen LogP contribution in [0.1, 0.15) is 62.6 Å². The molecule has 32 heavy (non-hydrogen) atoms. The van der Waals surface area contributed by atoms with Crippen molar-refractivity contribution >= 4 is 35.0 Å². The van der Waals surface area contributed by atoms with Crippen LogP contribution in [-0.4, -0.2) is 68.2 Å². The molecule has 0 aromatic carbocycles. The molecule has 3 rings (SSSR count). The first-order valence-electron chi connectivity index (χ1n) is 10.0. The second-order valence-electron chi connectivity index (χ2n) is 6.19. The molecule has 2 aromatic heterocycles. The molecule has 0 atom stereocenters. The number of hydrogen-bond acceptors (Lipinski definition) is 10. The van der Waals surface area contributed by atoms with E-state index in [0.717, 1.165) is 19.6 Å². The molecule has 1 aliphatic rings. The van der Waals surface area contributed by atoms with Gasteiger partial charge in [-0.1, -0.05) is 13.8 Å². The first-order chi connectivity index (χ1) is 14.5. The van der Waals surface area contributed by atoms with Crippen LogP contribution in [-0.2, 0) is 28.9 Å². The summed E-state index contributed by atoms with van der Waals surface area (Å²) in [6, 6.07) is 0. The van der Waals surface area contributed by atoms with E-state index in [-0.39, 0.29) is 55.6 Å². The minimum atomic E-state index is -0.479. The van der Waals surface area contributed by atoms with Gasteiger partial charge in [-0.3, -0.25) is 0 Å². The molecule has 0 bridgehead atoms. The van der Waals surface area contributed by atoms with Gasteiger partial charge in [0.2, 0.25) is 0 Å². The van der Waals surface area contributed by atoms with E-state index in [2.05, 4.69) is 19.9 Å². The van der Waals surface area contributed by atoms with E-state index in [1.165, 1.54) is 19.0 Å². The molecule has 2 aromatic rings. The predicted molar refractivity (Wildman–Crippen MR) is 125 cm³/mol. The zero-order valence-electron chi connectivity index (χ0n) is 19.9. The standard InChI is InChI=1S/C9H13N3O2.C7H11N3O.C4H8O.Al.Li.4H/c1-3-7-11-5-6(8(10)12-7)9(13)14-4-2;1-2-6-9-3-5(4-11)7(8)10-6;1-2-4-5-3-1;;;;;;/h5H,3-4H2,1-2H3,(H2,10,11,12);3,11H,2,4H2,1H3,(H2,8,9,10);1-4H2;;;;;;/q;;;;+1;;;;-1. The van der Waals surface area contributed by atoms with Gasteiger partial charge in [0.25, 0.3) is 0 Å². The number of ether oxygens (including phenoxy) is 2. The largest absolute Gasteiger partial charge is 1.00 e. The summed E-state index contributed by atoms with van der Waals surface area (Å²) in [5.41, 5.74) is 11.9. The summed E-state index contributed by atoms with van der Waals surface area (Å²) in [4.78, 5) is 27.2. The van der Waals surface area contributed by atoms with Crippen LogP contribution in [0.4, 0.5) is 11.6 Å². The molecule has 1 saturated heterocycles. The minimum absolute atomic E-state index is 0. The molecule has 0 unspecified atom stereocenters. The van der Waals surface area contributed by atoms with Crippen molar-refractivity contribution in [3.05, 3.63) is 35.2 Å². The van der Waals surface area contributed by atoms with E-state index < -0.39 is 5.97 Å². The van der Waals surface area contributed by atoms with Crippen LogP contribution in [0.15, 0.2) is 12.4 Å². The van der Waals surface area contributed by atoms with Crippen molar-refractivity contribution in [1.29, 1.82) is 0 Å². The summed E-state index contributed by atoms with van der Waals surface area (Å²) in [6.07, 6.45) is 6.96. The molecule has 174 valence electrons. The number of aromatic nitrogens is 4. The number of anilines is 2. The third-order valence-electron chi connectivity index (χ3n) is 3.94. The van der Waals surface area contributed by atoms with Crippen molar-refractivity contribution in [1.82, 2.24) is 19.9 Å². The third kappa shape index (κ3) is 11.8. The Bertz CT molecular complexity index is 796. The average Bonchev–Trinajstić information content (AvgIpc) is 3.34. The Balaban J connectivity index is -0.000000425. The van der Waals surface area contributed by atoms with Crippen LogP contribution in [0, 0.1) is 0 Å². The summed E-state index contributed by atoms with van der Waals surface area (Å²) in [5, 5.41) is 8.72. The van der Waals surface area contributed by atoms with Crippen molar-refractivity contribution in [3.8, 4) is 0 Å². The number of aliphatic hydroxyl groups excluding tert-OH is 1. The van der Waals surface area contributed by atoms with Crippen molar-refractivity contribution in [2.75, 3.05) is 31.3 Å². The number of esters is 1. The van der Waals surface area contributed by atoms with Gasteiger partial charge in [-0.25, -0.2) is 24.7 Å². The van der Waals surface area contributed by atoms with Crippen LogP contribution < -0.4 is 30.3 Å². The van der Waals surface area contributed by atoms with Gasteiger partial charge in [0.1, 0.15) is 28.8 Å². The second kappa shape index (κ2) is 18.8. The molecule has 12 heteroatoms. The SMILES string of the molecule is C1CCOC1.CCOC(=O)c1cnc(CC)nc1N.CCc1ncc(CO)c(N)n1.[AlH3].[H-].[Li+]. The maximum atomic E-state index is 11.3. The van der Waals surface area contributed by atoms with Gasteiger partial charge in [0.15, 0.2) is 17.4 Å². The Hall–Kier alpha value is -1.72. The van der Waals surface area contributed by atoms with Crippen LogP contribution in [0.25, 0.3) is 0 Å². The summed E-state index contributed by atoms with van der Waals surface area (Å²) < 4.78 is 9.73. The Morgan fingerprint density at radius 1 is 1.06 bits per heavy atom. The van der Waals surface area contributed by atoms with Crippen LogP contribution in [0.5, 0.6) is 0 Å². The average molecular weight is 458 g/mol. The summed E-state index contributed by atoms with van der Waals surface area (Å²) in [6.45, 7) is 7.81. The number of aliphatic hydroxyl groups is 1. The van der Waals surface area contributed by atoms with Gasteiger partial charge in [0, 0.05) is 44.0 Å². The molecular formula is C20H36AlLiN6O4. The number of nitrogens with two attached hydrogens (primary N) is 2. The first kappa shape index (κ1) is 32.5. The van der Waals surface area contributed by atoms with Crippen LogP contribution >= 0.6 is 0 Å².